The highest BCUT2D eigenvalue weighted by molar-refractivity contribution is 6.06. The highest BCUT2D eigenvalue weighted by Gasteiger charge is 2.20. The number of unbranched alkanes of at least 4 members (excludes halogenated alkanes) is 5. The molecule has 0 aliphatic carbocycles. The van der Waals surface area contributed by atoms with Crippen LogP contribution in [0.25, 0.3) is 33.2 Å². The number of primary amides is 1. The van der Waals surface area contributed by atoms with Crippen LogP contribution in [0.1, 0.15) is 110 Å². The van der Waals surface area contributed by atoms with Crippen molar-refractivity contribution >= 4 is 33.6 Å². The molecule has 4 heterocycles. The van der Waals surface area contributed by atoms with Crippen molar-refractivity contribution in [2.24, 2.45) is 5.73 Å². The van der Waals surface area contributed by atoms with Crippen molar-refractivity contribution in [1.82, 2.24) is 20.3 Å². The van der Waals surface area contributed by atoms with Gasteiger partial charge in [-0.3, -0.25) is 14.6 Å². The van der Waals surface area contributed by atoms with E-state index < -0.39 is 11.8 Å². The van der Waals surface area contributed by atoms with Gasteiger partial charge in [0.2, 0.25) is 0 Å². The first-order valence-electron chi connectivity index (χ1n) is 14.8. The molecule has 3 N–H and O–H groups in total. The van der Waals surface area contributed by atoms with Gasteiger partial charge in [0.05, 0.1) is 28.0 Å². The van der Waals surface area contributed by atoms with E-state index in [1.807, 2.05) is 12.1 Å². The SMILES string of the molecule is CCCCCCCCC1CCCCCNC(=O)c2nc(ccc2C(N)=O)-c2ccc3ccc4ccc1nc4c3n2. The van der Waals surface area contributed by atoms with Crippen molar-refractivity contribution in [3.8, 4) is 11.4 Å². The third-order valence-electron chi connectivity index (χ3n) is 8.02. The number of hydrogen-bond acceptors (Lipinski definition) is 5. The molecule has 3 aromatic heterocycles. The Kier molecular flexibility index (Phi) is 8.99. The molecule has 0 saturated carbocycles. The third-order valence-corrected chi connectivity index (χ3v) is 8.02. The zero-order valence-corrected chi connectivity index (χ0v) is 23.4. The van der Waals surface area contributed by atoms with E-state index in [1.165, 1.54) is 38.5 Å². The molecule has 208 valence electrons. The number of hydrogen-bond donors (Lipinski definition) is 2. The van der Waals surface area contributed by atoms with Crippen molar-refractivity contribution < 1.29 is 9.59 Å². The van der Waals surface area contributed by atoms with E-state index >= 15 is 0 Å². The molecular formula is C33H39N5O2. The lowest BCUT2D eigenvalue weighted by Crippen LogP contribution is -2.29. The van der Waals surface area contributed by atoms with Gasteiger partial charge in [0, 0.05) is 28.9 Å². The molecule has 0 saturated heterocycles. The van der Waals surface area contributed by atoms with Gasteiger partial charge in [-0.05, 0) is 43.5 Å². The largest absolute Gasteiger partial charge is 0.366 e. The fourth-order valence-corrected chi connectivity index (χ4v) is 5.72. The van der Waals surface area contributed by atoms with Gasteiger partial charge in [-0.25, -0.2) is 9.97 Å². The van der Waals surface area contributed by atoms with Crippen LogP contribution in [0.4, 0.5) is 0 Å². The molecule has 40 heavy (non-hydrogen) atoms. The number of carbonyl (C=O) groups is 2. The number of rotatable bonds is 8. The Morgan fingerprint density at radius 2 is 1.50 bits per heavy atom. The summed E-state index contributed by atoms with van der Waals surface area (Å²) in [6.45, 7) is 2.77. The summed E-state index contributed by atoms with van der Waals surface area (Å²) in [6, 6.07) is 15.7. The Bertz CT molecular complexity index is 1520. The topological polar surface area (TPSA) is 111 Å². The van der Waals surface area contributed by atoms with Crippen LogP contribution >= 0.6 is 0 Å². The minimum absolute atomic E-state index is 0.0357. The fourth-order valence-electron chi connectivity index (χ4n) is 5.72. The van der Waals surface area contributed by atoms with Crippen molar-refractivity contribution in [2.75, 3.05) is 6.54 Å². The van der Waals surface area contributed by atoms with E-state index in [4.69, 9.17) is 15.7 Å². The average molecular weight is 538 g/mol. The Labute approximate surface area is 236 Å². The standard InChI is InChI=1S/C33H39N5O2/c1-2-3-4-5-6-8-11-22-12-9-7-10-21-35-33(40)31-25(32(34)39)17-20-28(38-31)27-19-16-24-14-13-23-15-18-26(22)36-29(23)30(24)37-27/h13-20,22H,2-12,21H2,1H3,(H2,34,39)(H,35,40). The maximum Gasteiger partial charge on any atom is 0.270 e. The first-order chi connectivity index (χ1) is 19.5. The molecule has 1 unspecified atom stereocenters. The zero-order valence-electron chi connectivity index (χ0n) is 23.4. The summed E-state index contributed by atoms with van der Waals surface area (Å²) in [4.78, 5) is 39.9. The van der Waals surface area contributed by atoms with Gasteiger partial charge in [0.15, 0.2) is 0 Å². The molecule has 6 bridgehead atoms. The summed E-state index contributed by atoms with van der Waals surface area (Å²) in [6.07, 6.45) is 12.8. The molecule has 4 aromatic rings. The number of pyridine rings is 3. The van der Waals surface area contributed by atoms with Crippen LogP contribution in [-0.2, 0) is 0 Å². The van der Waals surface area contributed by atoms with Crippen LogP contribution in [-0.4, -0.2) is 33.3 Å². The second-order valence-electron chi connectivity index (χ2n) is 11.0. The molecular weight excluding hydrogens is 498 g/mol. The van der Waals surface area contributed by atoms with Gasteiger partial charge in [-0.1, -0.05) is 82.6 Å². The van der Waals surface area contributed by atoms with Crippen LogP contribution in [0.5, 0.6) is 0 Å². The first kappa shape index (κ1) is 27.7. The lowest BCUT2D eigenvalue weighted by atomic mass is 9.91. The molecule has 0 radical (unpaired) electrons. The smallest absolute Gasteiger partial charge is 0.270 e. The normalized spacial score (nSPS) is 16.0. The van der Waals surface area contributed by atoms with Crippen LogP contribution in [0, 0.1) is 0 Å². The summed E-state index contributed by atoms with van der Waals surface area (Å²) in [5, 5.41) is 4.99. The molecule has 0 fully saturated rings. The predicted octanol–water partition coefficient (Wildman–Crippen LogP) is 7.08. The molecule has 1 aromatic carbocycles. The van der Waals surface area contributed by atoms with Crippen molar-refractivity contribution in [2.45, 2.75) is 83.5 Å². The van der Waals surface area contributed by atoms with Gasteiger partial charge < -0.3 is 11.1 Å². The summed E-state index contributed by atoms with van der Waals surface area (Å²) < 4.78 is 0. The Morgan fingerprint density at radius 3 is 2.30 bits per heavy atom. The van der Waals surface area contributed by atoms with Crippen molar-refractivity contribution in [3.63, 3.8) is 0 Å². The number of nitrogens with zero attached hydrogens (tertiary/aromatic N) is 3. The Hall–Kier alpha value is -3.87. The highest BCUT2D eigenvalue weighted by Crippen LogP contribution is 2.32. The molecule has 1 aliphatic heterocycles. The van der Waals surface area contributed by atoms with Crippen LogP contribution < -0.4 is 11.1 Å². The van der Waals surface area contributed by atoms with E-state index in [2.05, 4.69) is 41.5 Å². The lowest BCUT2D eigenvalue weighted by molar-refractivity contribution is 0.0930. The third kappa shape index (κ3) is 6.30. The number of aromatic nitrogens is 3. The molecule has 7 nitrogen and oxygen atoms in total. The summed E-state index contributed by atoms with van der Waals surface area (Å²) in [5.41, 5.74) is 9.68. The van der Waals surface area contributed by atoms with E-state index in [0.29, 0.717) is 23.9 Å². The van der Waals surface area contributed by atoms with Gasteiger partial charge in [0.25, 0.3) is 11.8 Å². The monoisotopic (exact) mass is 537 g/mol. The van der Waals surface area contributed by atoms with Crippen molar-refractivity contribution in [1.29, 1.82) is 0 Å². The van der Waals surface area contributed by atoms with Crippen LogP contribution in [0.3, 0.4) is 0 Å². The van der Waals surface area contributed by atoms with Gasteiger partial charge in [0.1, 0.15) is 5.69 Å². The number of amides is 2. The second kappa shape index (κ2) is 13.0. The Balaban J connectivity index is 1.56. The molecule has 1 atom stereocenters. The minimum atomic E-state index is -0.680. The molecule has 7 heteroatoms. The fraction of sp³-hybridized carbons (Fsp3) is 0.424. The maximum absolute atomic E-state index is 13.1. The number of benzene rings is 1. The summed E-state index contributed by atoms with van der Waals surface area (Å²) in [7, 11) is 0. The summed E-state index contributed by atoms with van der Waals surface area (Å²) in [5.74, 6) is -0.674. The van der Waals surface area contributed by atoms with Crippen LogP contribution in [0.2, 0.25) is 0 Å². The first-order valence-corrected chi connectivity index (χ1v) is 14.8. The number of nitrogens with two attached hydrogens (primary N) is 1. The predicted molar refractivity (Wildman–Crippen MR) is 160 cm³/mol. The number of fused-ring (bicyclic) bond motifs is 5. The van der Waals surface area contributed by atoms with Crippen molar-refractivity contribution in [3.05, 3.63) is 65.5 Å². The number of carbonyl (C=O) groups excluding carboxylic acids is 2. The van der Waals surface area contributed by atoms with Gasteiger partial charge >= 0.3 is 0 Å². The minimum Gasteiger partial charge on any atom is -0.366 e. The summed E-state index contributed by atoms with van der Waals surface area (Å²) >= 11 is 0. The van der Waals surface area contributed by atoms with E-state index in [0.717, 1.165) is 59.6 Å². The molecule has 0 spiro atoms. The lowest BCUT2D eigenvalue weighted by Gasteiger charge is -2.18. The van der Waals surface area contributed by atoms with E-state index in [-0.39, 0.29) is 11.3 Å². The average Bonchev–Trinajstić information content (AvgIpc) is 2.98. The van der Waals surface area contributed by atoms with Gasteiger partial charge in [-0.2, -0.15) is 0 Å². The number of nitrogens with one attached hydrogen (secondary N) is 1. The molecule has 1 aliphatic rings. The van der Waals surface area contributed by atoms with Gasteiger partial charge in [-0.15, -0.1) is 0 Å². The Morgan fingerprint density at radius 1 is 0.825 bits per heavy atom. The quantitative estimate of drug-likeness (QED) is 0.184. The van der Waals surface area contributed by atoms with E-state index in [9.17, 15) is 9.59 Å². The van der Waals surface area contributed by atoms with Crippen LogP contribution in [0.15, 0.2) is 48.5 Å². The second-order valence-corrected chi connectivity index (χ2v) is 11.0. The molecule has 5 rings (SSSR count). The highest BCUT2D eigenvalue weighted by atomic mass is 16.2. The zero-order chi connectivity index (χ0) is 27.9. The maximum atomic E-state index is 13.1. The van der Waals surface area contributed by atoms with E-state index in [1.54, 1.807) is 12.1 Å². The molecule has 2 amide bonds.